The van der Waals surface area contributed by atoms with Crippen LogP contribution in [0.4, 0.5) is 5.69 Å². The van der Waals surface area contributed by atoms with Gasteiger partial charge in [-0.2, -0.15) is 0 Å². The summed E-state index contributed by atoms with van der Waals surface area (Å²) in [5.74, 6) is 1.89. The minimum Gasteiger partial charge on any atom is -0.457 e. The Labute approximate surface area is 165 Å². The Balaban J connectivity index is 1.25. The molecule has 1 amide bonds. The zero-order valence-corrected chi connectivity index (χ0v) is 15.9. The Hall–Kier alpha value is -2.41. The number of para-hydroxylation sites is 1. The molecule has 6 nitrogen and oxygen atoms in total. The predicted octanol–water partition coefficient (Wildman–Crippen LogP) is 3.50. The summed E-state index contributed by atoms with van der Waals surface area (Å²) in [6, 6.07) is 17.1. The maximum Gasteiger partial charge on any atom is 0.238 e. The third-order valence-electron chi connectivity index (χ3n) is 5.13. The Morgan fingerprint density at radius 2 is 1.71 bits per heavy atom. The summed E-state index contributed by atoms with van der Waals surface area (Å²) in [5, 5.41) is 2.97. The lowest BCUT2D eigenvalue weighted by molar-refractivity contribution is -0.119. The van der Waals surface area contributed by atoms with Crippen LogP contribution in [0.1, 0.15) is 12.8 Å². The number of hydrogen-bond donors (Lipinski definition) is 1. The summed E-state index contributed by atoms with van der Waals surface area (Å²) >= 11 is 0. The van der Waals surface area contributed by atoms with Crippen LogP contribution < -0.4 is 10.1 Å². The summed E-state index contributed by atoms with van der Waals surface area (Å²) < 4.78 is 17.0. The highest BCUT2D eigenvalue weighted by atomic mass is 16.7. The molecule has 2 aromatic rings. The average Bonchev–Trinajstić information content (AvgIpc) is 3.24. The van der Waals surface area contributed by atoms with E-state index in [-0.39, 0.29) is 12.2 Å². The molecule has 2 heterocycles. The van der Waals surface area contributed by atoms with Crippen LogP contribution >= 0.6 is 0 Å². The first kappa shape index (κ1) is 18.9. The first-order chi connectivity index (χ1) is 13.8. The number of carbonyl (C=O) groups is 1. The molecule has 0 saturated carbocycles. The van der Waals surface area contributed by atoms with E-state index in [0.717, 1.165) is 37.4 Å². The van der Waals surface area contributed by atoms with E-state index in [1.807, 2.05) is 54.6 Å². The first-order valence-electron chi connectivity index (χ1n) is 9.85. The van der Waals surface area contributed by atoms with Crippen molar-refractivity contribution in [2.45, 2.75) is 19.1 Å². The van der Waals surface area contributed by atoms with Gasteiger partial charge in [-0.1, -0.05) is 24.3 Å². The van der Waals surface area contributed by atoms with Gasteiger partial charge >= 0.3 is 0 Å². The molecule has 2 aromatic carbocycles. The van der Waals surface area contributed by atoms with Crippen molar-refractivity contribution in [1.29, 1.82) is 0 Å². The molecule has 0 aromatic heterocycles. The number of amides is 1. The van der Waals surface area contributed by atoms with Crippen LogP contribution in [0.2, 0.25) is 0 Å². The number of likely N-dealkylation sites (tertiary alicyclic amines) is 1. The second-order valence-electron chi connectivity index (χ2n) is 7.21. The fourth-order valence-electron chi connectivity index (χ4n) is 3.70. The number of nitrogens with zero attached hydrogens (tertiary/aromatic N) is 1. The van der Waals surface area contributed by atoms with E-state index < -0.39 is 0 Å². The number of carbonyl (C=O) groups excluding carboxylic acids is 1. The van der Waals surface area contributed by atoms with Crippen LogP contribution in [0.3, 0.4) is 0 Å². The van der Waals surface area contributed by atoms with E-state index in [9.17, 15) is 4.79 Å². The molecule has 2 saturated heterocycles. The van der Waals surface area contributed by atoms with E-state index in [0.29, 0.717) is 31.4 Å². The second-order valence-corrected chi connectivity index (χ2v) is 7.21. The lowest BCUT2D eigenvalue weighted by Crippen LogP contribution is -2.41. The first-order valence-corrected chi connectivity index (χ1v) is 9.85. The Bertz CT molecular complexity index is 769. The molecule has 4 rings (SSSR count). The quantitative estimate of drug-likeness (QED) is 0.829. The van der Waals surface area contributed by atoms with Crippen LogP contribution in [0, 0.1) is 5.92 Å². The third-order valence-corrected chi connectivity index (χ3v) is 5.13. The highest BCUT2D eigenvalue weighted by molar-refractivity contribution is 5.92. The molecular weight excluding hydrogens is 356 g/mol. The lowest BCUT2D eigenvalue weighted by atomic mass is 9.96. The van der Waals surface area contributed by atoms with Gasteiger partial charge in [0.1, 0.15) is 11.5 Å². The van der Waals surface area contributed by atoms with Gasteiger partial charge in [0.05, 0.1) is 19.8 Å². The number of anilines is 1. The summed E-state index contributed by atoms with van der Waals surface area (Å²) in [4.78, 5) is 14.6. The summed E-state index contributed by atoms with van der Waals surface area (Å²) in [5.41, 5.74) is 0.737. The van der Waals surface area contributed by atoms with Crippen molar-refractivity contribution in [3.05, 3.63) is 54.6 Å². The van der Waals surface area contributed by atoms with Gasteiger partial charge in [0.15, 0.2) is 6.29 Å². The maximum atomic E-state index is 12.4. The molecule has 0 aliphatic carbocycles. The van der Waals surface area contributed by atoms with Crippen molar-refractivity contribution in [2.24, 2.45) is 5.92 Å². The Morgan fingerprint density at radius 1 is 1.00 bits per heavy atom. The molecule has 6 heteroatoms. The number of hydrogen-bond acceptors (Lipinski definition) is 5. The number of rotatable bonds is 6. The zero-order valence-electron chi connectivity index (χ0n) is 15.9. The predicted molar refractivity (Wildman–Crippen MR) is 106 cm³/mol. The van der Waals surface area contributed by atoms with Gasteiger partial charge in [-0.25, -0.2) is 0 Å². The largest absolute Gasteiger partial charge is 0.457 e. The lowest BCUT2D eigenvalue weighted by Gasteiger charge is -2.33. The number of nitrogens with one attached hydrogen (secondary N) is 1. The van der Waals surface area contributed by atoms with E-state index in [1.54, 1.807) is 0 Å². The maximum absolute atomic E-state index is 12.4. The van der Waals surface area contributed by atoms with Crippen molar-refractivity contribution in [3.63, 3.8) is 0 Å². The van der Waals surface area contributed by atoms with Gasteiger partial charge in [-0.05, 0) is 50.2 Å². The molecule has 2 aliphatic rings. The van der Waals surface area contributed by atoms with Crippen molar-refractivity contribution in [2.75, 3.05) is 38.2 Å². The van der Waals surface area contributed by atoms with Gasteiger partial charge in [-0.15, -0.1) is 0 Å². The van der Waals surface area contributed by atoms with E-state index >= 15 is 0 Å². The Morgan fingerprint density at radius 3 is 2.46 bits per heavy atom. The standard InChI is InChI=1S/C22H26N2O4/c25-21(16-24-11-9-17(10-12-24)22-26-13-14-27-22)23-18-5-4-8-20(15-18)28-19-6-2-1-3-7-19/h1-8,15,17,22H,9-14,16H2,(H,23,25). The van der Waals surface area contributed by atoms with Crippen LogP contribution in [0.25, 0.3) is 0 Å². The smallest absolute Gasteiger partial charge is 0.238 e. The van der Waals surface area contributed by atoms with Crippen molar-refractivity contribution >= 4 is 11.6 Å². The molecule has 0 radical (unpaired) electrons. The SMILES string of the molecule is O=C(CN1CCC(C2OCCO2)CC1)Nc1cccc(Oc2ccccc2)c1. The number of ether oxygens (including phenoxy) is 3. The van der Waals surface area contributed by atoms with Crippen LogP contribution in [-0.4, -0.2) is 49.9 Å². The van der Waals surface area contributed by atoms with E-state index in [1.165, 1.54) is 0 Å². The van der Waals surface area contributed by atoms with Crippen LogP contribution in [0.15, 0.2) is 54.6 Å². The van der Waals surface area contributed by atoms with Gasteiger partial charge in [0.25, 0.3) is 0 Å². The molecule has 0 bridgehead atoms. The minimum absolute atomic E-state index is 0.0105. The highest BCUT2D eigenvalue weighted by Gasteiger charge is 2.30. The van der Waals surface area contributed by atoms with Crippen LogP contribution in [0.5, 0.6) is 11.5 Å². The zero-order chi connectivity index (χ0) is 19.2. The van der Waals surface area contributed by atoms with Gasteiger partial charge in [0.2, 0.25) is 5.91 Å². The summed E-state index contributed by atoms with van der Waals surface area (Å²) in [6.45, 7) is 3.56. The monoisotopic (exact) mass is 382 g/mol. The number of benzene rings is 2. The van der Waals surface area contributed by atoms with Gasteiger partial charge < -0.3 is 19.5 Å². The second kappa shape index (κ2) is 9.19. The highest BCUT2D eigenvalue weighted by Crippen LogP contribution is 2.26. The fraction of sp³-hybridized carbons (Fsp3) is 0.409. The summed E-state index contributed by atoms with van der Waals surface area (Å²) in [7, 11) is 0. The summed E-state index contributed by atoms with van der Waals surface area (Å²) in [6.07, 6.45) is 1.94. The number of piperidine rings is 1. The normalized spacial score (nSPS) is 18.9. The van der Waals surface area contributed by atoms with Gasteiger partial charge in [0, 0.05) is 17.7 Å². The molecule has 2 aliphatic heterocycles. The molecular formula is C22H26N2O4. The molecule has 1 N–H and O–H groups in total. The molecule has 28 heavy (non-hydrogen) atoms. The van der Waals surface area contributed by atoms with Gasteiger partial charge in [-0.3, -0.25) is 9.69 Å². The molecule has 2 fully saturated rings. The third kappa shape index (κ3) is 5.10. The minimum atomic E-state index is -0.0525. The topological polar surface area (TPSA) is 60.0 Å². The van der Waals surface area contributed by atoms with Crippen molar-refractivity contribution in [3.8, 4) is 11.5 Å². The van der Waals surface area contributed by atoms with E-state index in [4.69, 9.17) is 14.2 Å². The van der Waals surface area contributed by atoms with Crippen molar-refractivity contribution < 1.29 is 19.0 Å². The van der Waals surface area contributed by atoms with E-state index in [2.05, 4.69) is 10.2 Å². The molecule has 0 atom stereocenters. The molecule has 0 unspecified atom stereocenters. The van der Waals surface area contributed by atoms with Crippen LogP contribution in [-0.2, 0) is 14.3 Å². The molecule has 148 valence electrons. The van der Waals surface area contributed by atoms with Crippen molar-refractivity contribution in [1.82, 2.24) is 4.90 Å². The fourth-order valence-corrected chi connectivity index (χ4v) is 3.70. The Kier molecular flexibility index (Phi) is 6.21. The molecule has 0 spiro atoms. The average molecular weight is 382 g/mol.